The molecule has 0 spiro atoms. The predicted octanol–water partition coefficient (Wildman–Crippen LogP) is 3.93. The Morgan fingerprint density at radius 2 is 2.15 bits per heavy atom. The minimum absolute atomic E-state index is 0.781. The second kappa shape index (κ2) is 6.59. The van der Waals surface area contributed by atoms with Gasteiger partial charge in [-0.3, -0.25) is 4.90 Å². The number of hydrogen-bond donors (Lipinski definition) is 1. The van der Waals surface area contributed by atoms with Gasteiger partial charge in [-0.25, -0.2) is 0 Å². The first kappa shape index (κ1) is 14.6. The van der Waals surface area contributed by atoms with E-state index in [9.17, 15) is 0 Å². The lowest BCUT2D eigenvalue weighted by atomic mass is 9.99. The van der Waals surface area contributed by atoms with Gasteiger partial charge in [-0.05, 0) is 55.3 Å². The van der Waals surface area contributed by atoms with Crippen LogP contribution in [-0.4, -0.2) is 24.0 Å². The monoisotopic (exact) mass is 336 g/mol. The Labute approximate surface area is 131 Å². The Kier molecular flexibility index (Phi) is 4.79. The summed E-state index contributed by atoms with van der Waals surface area (Å²) >= 11 is 3.76. The zero-order chi connectivity index (χ0) is 13.9. The van der Waals surface area contributed by atoms with E-state index in [1.54, 1.807) is 0 Å². The summed E-state index contributed by atoms with van der Waals surface area (Å²) in [6.07, 6.45) is 5.45. The molecular weight excluding hydrogens is 312 g/mol. The van der Waals surface area contributed by atoms with Crippen molar-refractivity contribution < 1.29 is 0 Å². The number of benzene rings is 1. The van der Waals surface area contributed by atoms with E-state index in [1.165, 1.54) is 54.4 Å². The highest BCUT2D eigenvalue weighted by Gasteiger charge is 2.20. The molecule has 1 saturated carbocycles. The number of piperidine rings is 1. The number of halogens is 1. The normalized spacial score (nSPS) is 24.0. The maximum absolute atomic E-state index is 3.76. The maximum atomic E-state index is 3.76. The summed E-state index contributed by atoms with van der Waals surface area (Å²) in [6, 6.07) is 7.65. The molecule has 1 saturated heterocycles. The molecule has 110 valence electrons. The highest BCUT2D eigenvalue weighted by atomic mass is 79.9. The Morgan fingerprint density at radius 3 is 2.85 bits per heavy atom. The quantitative estimate of drug-likeness (QED) is 0.876. The van der Waals surface area contributed by atoms with Crippen molar-refractivity contribution in [2.24, 2.45) is 5.92 Å². The second-order valence-electron chi connectivity index (χ2n) is 6.56. The summed E-state index contributed by atoms with van der Waals surface area (Å²) in [5, 5.41) is 3.58. The lowest BCUT2D eigenvalue weighted by Crippen LogP contribution is -2.33. The van der Waals surface area contributed by atoms with Gasteiger partial charge in [0, 0.05) is 30.1 Å². The smallest absolute Gasteiger partial charge is 0.0245 e. The third kappa shape index (κ3) is 4.06. The molecule has 20 heavy (non-hydrogen) atoms. The Balaban J connectivity index is 1.58. The lowest BCUT2D eigenvalue weighted by Gasteiger charge is -2.31. The molecule has 1 N–H and O–H groups in total. The van der Waals surface area contributed by atoms with Crippen LogP contribution in [0.4, 0.5) is 0 Å². The van der Waals surface area contributed by atoms with Crippen molar-refractivity contribution >= 4 is 15.9 Å². The molecule has 2 fully saturated rings. The van der Waals surface area contributed by atoms with Gasteiger partial charge in [-0.15, -0.1) is 0 Å². The SMILES string of the molecule is CC1CCCN(Cc2ccc(CNC3CC3)cc2Br)C1. The Bertz CT molecular complexity index is 456. The first-order valence-corrected chi connectivity index (χ1v) is 8.73. The van der Waals surface area contributed by atoms with Crippen molar-refractivity contribution in [3.8, 4) is 0 Å². The molecule has 1 heterocycles. The van der Waals surface area contributed by atoms with Gasteiger partial charge in [0.1, 0.15) is 0 Å². The third-order valence-corrected chi connectivity index (χ3v) is 5.16. The van der Waals surface area contributed by atoms with Gasteiger partial charge in [0.15, 0.2) is 0 Å². The summed E-state index contributed by atoms with van der Waals surface area (Å²) < 4.78 is 1.27. The van der Waals surface area contributed by atoms with E-state index in [0.29, 0.717) is 0 Å². The number of rotatable bonds is 5. The second-order valence-corrected chi connectivity index (χ2v) is 7.42. The molecule has 3 rings (SSSR count). The maximum Gasteiger partial charge on any atom is 0.0245 e. The zero-order valence-corrected chi connectivity index (χ0v) is 14.0. The van der Waals surface area contributed by atoms with Crippen LogP contribution in [0.15, 0.2) is 22.7 Å². The molecular formula is C17H25BrN2. The van der Waals surface area contributed by atoms with Crippen LogP contribution >= 0.6 is 15.9 Å². The van der Waals surface area contributed by atoms with Gasteiger partial charge >= 0.3 is 0 Å². The molecule has 1 aliphatic carbocycles. The summed E-state index contributed by atoms with van der Waals surface area (Å²) in [7, 11) is 0. The fourth-order valence-corrected chi connectivity index (χ4v) is 3.60. The molecule has 1 atom stereocenters. The van der Waals surface area contributed by atoms with Crippen LogP contribution in [0.3, 0.4) is 0 Å². The molecule has 1 unspecified atom stereocenters. The number of nitrogens with zero attached hydrogens (tertiary/aromatic N) is 1. The highest BCUT2D eigenvalue weighted by Crippen LogP contribution is 2.24. The van der Waals surface area contributed by atoms with Crippen LogP contribution in [0.5, 0.6) is 0 Å². The minimum Gasteiger partial charge on any atom is -0.310 e. The van der Waals surface area contributed by atoms with Crippen molar-refractivity contribution in [3.63, 3.8) is 0 Å². The molecule has 1 aromatic rings. The third-order valence-electron chi connectivity index (χ3n) is 4.42. The Hall–Kier alpha value is -0.380. The van der Waals surface area contributed by atoms with E-state index in [-0.39, 0.29) is 0 Å². The van der Waals surface area contributed by atoms with Gasteiger partial charge < -0.3 is 5.32 Å². The summed E-state index contributed by atoms with van der Waals surface area (Å²) in [6.45, 7) is 6.96. The van der Waals surface area contributed by atoms with E-state index in [1.807, 2.05) is 0 Å². The Morgan fingerprint density at radius 1 is 1.30 bits per heavy atom. The van der Waals surface area contributed by atoms with Crippen LogP contribution in [0, 0.1) is 5.92 Å². The van der Waals surface area contributed by atoms with Crippen molar-refractivity contribution in [2.45, 2.75) is 51.7 Å². The molecule has 3 heteroatoms. The van der Waals surface area contributed by atoms with Gasteiger partial charge in [0.05, 0.1) is 0 Å². The van der Waals surface area contributed by atoms with Gasteiger partial charge in [-0.1, -0.05) is 35.0 Å². The van der Waals surface area contributed by atoms with Crippen LogP contribution in [0.2, 0.25) is 0 Å². The summed E-state index contributed by atoms with van der Waals surface area (Å²) in [4.78, 5) is 2.59. The standard InChI is InChI=1S/C17H25BrN2/c1-13-3-2-8-20(11-13)12-15-5-4-14(9-17(15)18)10-19-16-6-7-16/h4-5,9,13,16,19H,2-3,6-8,10-12H2,1H3. The van der Waals surface area contributed by atoms with E-state index >= 15 is 0 Å². The van der Waals surface area contributed by atoms with E-state index in [2.05, 4.69) is 51.3 Å². The average Bonchev–Trinajstić information content (AvgIpc) is 3.23. The molecule has 1 aliphatic heterocycles. The van der Waals surface area contributed by atoms with Gasteiger partial charge in [-0.2, -0.15) is 0 Å². The first-order valence-electron chi connectivity index (χ1n) is 7.94. The first-order chi connectivity index (χ1) is 9.70. The van der Waals surface area contributed by atoms with Crippen LogP contribution in [0.1, 0.15) is 43.7 Å². The zero-order valence-electron chi connectivity index (χ0n) is 12.4. The minimum atomic E-state index is 0.781. The van der Waals surface area contributed by atoms with Crippen molar-refractivity contribution in [3.05, 3.63) is 33.8 Å². The van der Waals surface area contributed by atoms with Crippen LogP contribution in [-0.2, 0) is 13.1 Å². The van der Waals surface area contributed by atoms with Crippen LogP contribution in [0.25, 0.3) is 0 Å². The summed E-state index contributed by atoms with van der Waals surface area (Å²) in [5.74, 6) is 0.851. The van der Waals surface area contributed by atoms with Crippen molar-refractivity contribution in [2.75, 3.05) is 13.1 Å². The fraction of sp³-hybridized carbons (Fsp3) is 0.647. The highest BCUT2D eigenvalue weighted by molar-refractivity contribution is 9.10. The lowest BCUT2D eigenvalue weighted by molar-refractivity contribution is 0.176. The summed E-state index contributed by atoms with van der Waals surface area (Å²) in [5.41, 5.74) is 2.81. The molecule has 1 aromatic carbocycles. The van der Waals surface area contributed by atoms with Gasteiger partial charge in [0.2, 0.25) is 0 Å². The van der Waals surface area contributed by atoms with E-state index in [4.69, 9.17) is 0 Å². The molecule has 0 bridgehead atoms. The number of likely N-dealkylation sites (tertiary alicyclic amines) is 1. The van der Waals surface area contributed by atoms with Crippen molar-refractivity contribution in [1.82, 2.24) is 10.2 Å². The molecule has 0 radical (unpaired) electrons. The topological polar surface area (TPSA) is 15.3 Å². The molecule has 0 amide bonds. The molecule has 0 aromatic heterocycles. The number of nitrogens with one attached hydrogen (secondary N) is 1. The fourth-order valence-electron chi connectivity index (χ4n) is 3.05. The van der Waals surface area contributed by atoms with E-state index in [0.717, 1.165) is 25.0 Å². The average molecular weight is 337 g/mol. The molecule has 2 nitrogen and oxygen atoms in total. The predicted molar refractivity (Wildman–Crippen MR) is 87.7 cm³/mol. The largest absolute Gasteiger partial charge is 0.310 e. The number of hydrogen-bond acceptors (Lipinski definition) is 2. The van der Waals surface area contributed by atoms with Crippen LogP contribution < -0.4 is 5.32 Å². The molecule has 2 aliphatic rings. The van der Waals surface area contributed by atoms with Gasteiger partial charge in [0.25, 0.3) is 0 Å². The van der Waals surface area contributed by atoms with Crippen molar-refractivity contribution in [1.29, 1.82) is 0 Å². The van der Waals surface area contributed by atoms with E-state index < -0.39 is 0 Å².